The zero-order valence-electron chi connectivity index (χ0n) is 6.51. The van der Waals surface area contributed by atoms with Crippen molar-refractivity contribution in [2.24, 2.45) is 0 Å². The second kappa shape index (κ2) is 5.33. The summed E-state index contributed by atoms with van der Waals surface area (Å²) in [5.74, 6) is 0. The van der Waals surface area contributed by atoms with Crippen molar-refractivity contribution < 1.29 is 64.4 Å². The van der Waals surface area contributed by atoms with Crippen molar-refractivity contribution in [3.63, 3.8) is 0 Å². The standard InChI is InChI=1S/C6H6NO3S.K/c8-11(9,10)7-6-4-2-1-3-5-6;/h1-5H,(H,8,9,10);/q-1;+1. The molecule has 0 unspecified atom stereocenters. The predicted octanol–water partition coefficient (Wildman–Crippen LogP) is -1.50. The largest absolute Gasteiger partial charge is 1.00 e. The molecule has 1 aromatic carbocycles. The van der Waals surface area contributed by atoms with Gasteiger partial charge in [-0.2, -0.15) is 0 Å². The van der Waals surface area contributed by atoms with Gasteiger partial charge in [0.15, 0.2) is 0 Å². The third-order valence-electron chi connectivity index (χ3n) is 0.977. The van der Waals surface area contributed by atoms with E-state index >= 15 is 0 Å². The van der Waals surface area contributed by atoms with E-state index in [1.165, 1.54) is 12.1 Å². The maximum absolute atomic E-state index is 10.2. The zero-order chi connectivity index (χ0) is 8.32. The Hall–Kier alpha value is 0.566. The summed E-state index contributed by atoms with van der Waals surface area (Å²) < 4.78 is 31.7. The van der Waals surface area contributed by atoms with Crippen LogP contribution in [0.4, 0.5) is 5.69 Å². The summed E-state index contributed by atoms with van der Waals surface area (Å²) in [5, 5.41) is 0. The normalized spacial score (nSPS) is 10.1. The molecule has 1 rings (SSSR count). The Kier molecular flexibility index (Phi) is 5.58. The molecule has 1 aromatic rings. The van der Waals surface area contributed by atoms with Gasteiger partial charge < -0.3 is 4.72 Å². The fourth-order valence-corrected chi connectivity index (χ4v) is 1.01. The van der Waals surface area contributed by atoms with E-state index in [9.17, 15) is 8.42 Å². The maximum atomic E-state index is 10.2. The number of hydrogen-bond donors (Lipinski definition) is 1. The van der Waals surface area contributed by atoms with Crippen molar-refractivity contribution in [3.8, 4) is 0 Å². The van der Waals surface area contributed by atoms with Crippen LogP contribution in [-0.4, -0.2) is 13.0 Å². The molecular formula is C6H6KNO3S. The van der Waals surface area contributed by atoms with Gasteiger partial charge in [0, 0.05) is 0 Å². The van der Waals surface area contributed by atoms with Crippen LogP contribution in [0.5, 0.6) is 0 Å². The molecule has 0 amide bonds. The SMILES string of the molecule is O=S(=O)(O)[N-]c1ccccc1.[K+]. The average Bonchev–Trinajstić information content (AvgIpc) is 1.85. The molecular weight excluding hydrogens is 205 g/mol. The molecule has 0 aliphatic rings. The van der Waals surface area contributed by atoms with Crippen molar-refractivity contribution in [3.05, 3.63) is 35.1 Å². The molecule has 0 aliphatic carbocycles. The van der Waals surface area contributed by atoms with Gasteiger partial charge in [-0.3, -0.25) is 4.55 Å². The van der Waals surface area contributed by atoms with E-state index in [1.54, 1.807) is 18.2 Å². The van der Waals surface area contributed by atoms with Gasteiger partial charge in [0.1, 0.15) is 0 Å². The molecule has 60 valence electrons. The average molecular weight is 211 g/mol. The number of nitrogens with zero attached hydrogens (tertiary/aromatic N) is 1. The fourth-order valence-electron chi connectivity index (χ4n) is 0.622. The molecule has 6 heteroatoms. The topological polar surface area (TPSA) is 68.5 Å². The molecule has 0 radical (unpaired) electrons. The van der Waals surface area contributed by atoms with Gasteiger partial charge >= 0.3 is 51.4 Å². The first-order valence-electron chi connectivity index (χ1n) is 2.83. The smallest absolute Gasteiger partial charge is 0.554 e. The zero-order valence-corrected chi connectivity index (χ0v) is 10.4. The molecule has 12 heavy (non-hydrogen) atoms. The number of rotatable bonds is 2. The third kappa shape index (κ3) is 5.25. The van der Waals surface area contributed by atoms with Crippen LogP contribution in [0.15, 0.2) is 30.3 Å². The maximum Gasteiger partial charge on any atom is 1.00 e. The van der Waals surface area contributed by atoms with Crippen molar-refractivity contribution in [2.45, 2.75) is 0 Å². The molecule has 0 aliphatic heterocycles. The summed E-state index contributed by atoms with van der Waals surface area (Å²) in [4.78, 5) is 0. The third-order valence-corrected chi connectivity index (χ3v) is 1.42. The van der Waals surface area contributed by atoms with Crippen LogP contribution in [0.2, 0.25) is 0 Å². The van der Waals surface area contributed by atoms with Crippen LogP contribution in [0.25, 0.3) is 4.72 Å². The Balaban J connectivity index is 0.00000121. The summed E-state index contributed by atoms with van der Waals surface area (Å²) in [6, 6.07) is 7.94. The second-order valence-corrected chi connectivity index (χ2v) is 2.95. The van der Waals surface area contributed by atoms with Crippen LogP contribution >= 0.6 is 0 Å². The molecule has 0 heterocycles. The predicted molar refractivity (Wildman–Crippen MR) is 41.0 cm³/mol. The van der Waals surface area contributed by atoms with Gasteiger partial charge in [-0.05, 0) is 0 Å². The first kappa shape index (κ1) is 12.6. The van der Waals surface area contributed by atoms with Gasteiger partial charge in [-0.1, -0.05) is 30.3 Å². The van der Waals surface area contributed by atoms with Crippen molar-refractivity contribution >= 4 is 16.0 Å². The second-order valence-electron chi connectivity index (χ2n) is 1.87. The molecule has 0 saturated heterocycles. The quantitative estimate of drug-likeness (QED) is 0.478. The van der Waals surface area contributed by atoms with E-state index in [-0.39, 0.29) is 57.1 Å². The van der Waals surface area contributed by atoms with E-state index in [0.717, 1.165) is 0 Å². The van der Waals surface area contributed by atoms with Gasteiger partial charge in [-0.15, -0.1) is 5.69 Å². The van der Waals surface area contributed by atoms with Crippen LogP contribution in [-0.2, 0) is 10.3 Å². The van der Waals surface area contributed by atoms with Crippen molar-refractivity contribution in [1.82, 2.24) is 0 Å². The van der Waals surface area contributed by atoms with E-state index < -0.39 is 10.3 Å². The van der Waals surface area contributed by atoms with Crippen LogP contribution in [0.3, 0.4) is 0 Å². The fraction of sp³-hybridized carbons (Fsp3) is 0. The summed E-state index contributed by atoms with van der Waals surface area (Å²) >= 11 is 0. The van der Waals surface area contributed by atoms with Crippen molar-refractivity contribution in [2.75, 3.05) is 0 Å². The van der Waals surface area contributed by atoms with Gasteiger partial charge in [-0.25, -0.2) is 8.42 Å². The van der Waals surface area contributed by atoms with Crippen LogP contribution in [0, 0.1) is 0 Å². The van der Waals surface area contributed by atoms with Gasteiger partial charge in [0.05, 0.1) is 0 Å². The summed E-state index contributed by atoms with van der Waals surface area (Å²) in [6.45, 7) is 0. The number of benzene rings is 1. The van der Waals surface area contributed by atoms with Crippen LogP contribution < -0.4 is 51.4 Å². The van der Waals surface area contributed by atoms with E-state index in [0.29, 0.717) is 0 Å². The summed E-state index contributed by atoms with van der Waals surface area (Å²) in [7, 11) is -4.25. The Morgan fingerprint density at radius 1 is 1.17 bits per heavy atom. The first-order valence-corrected chi connectivity index (χ1v) is 4.23. The summed E-state index contributed by atoms with van der Waals surface area (Å²) in [5.41, 5.74) is 0.218. The summed E-state index contributed by atoms with van der Waals surface area (Å²) in [6.07, 6.45) is 0. The molecule has 0 bridgehead atoms. The molecule has 0 aromatic heterocycles. The Morgan fingerprint density at radius 3 is 2.08 bits per heavy atom. The minimum absolute atomic E-state index is 0. The minimum Gasteiger partial charge on any atom is -0.554 e. The number of hydrogen-bond acceptors (Lipinski definition) is 2. The van der Waals surface area contributed by atoms with E-state index in [4.69, 9.17) is 4.55 Å². The van der Waals surface area contributed by atoms with Crippen LogP contribution in [0.1, 0.15) is 0 Å². The molecule has 1 N–H and O–H groups in total. The minimum atomic E-state index is -4.25. The Bertz CT molecular complexity index is 324. The molecule has 0 fully saturated rings. The first-order chi connectivity index (χ1) is 5.08. The monoisotopic (exact) mass is 211 g/mol. The molecule has 0 atom stereocenters. The molecule has 4 nitrogen and oxygen atoms in total. The van der Waals surface area contributed by atoms with Crippen molar-refractivity contribution in [1.29, 1.82) is 0 Å². The molecule has 0 saturated carbocycles. The Labute approximate surface area is 114 Å². The van der Waals surface area contributed by atoms with E-state index in [2.05, 4.69) is 4.72 Å². The van der Waals surface area contributed by atoms with E-state index in [1.807, 2.05) is 0 Å². The Morgan fingerprint density at radius 2 is 1.67 bits per heavy atom. The van der Waals surface area contributed by atoms with Gasteiger partial charge in [0.25, 0.3) is 0 Å². The molecule has 0 spiro atoms. The van der Waals surface area contributed by atoms with Gasteiger partial charge in [0.2, 0.25) is 10.3 Å².